The van der Waals surface area contributed by atoms with Crippen molar-refractivity contribution in [3.63, 3.8) is 0 Å². The van der Waals surface area contributed by atoms with Gasteiger partial charge in [-0.05, 0) is 64.2 Å². The van der Waals surface area contributed by atoms with Gasteiger partial charge in [-0.2, -0.15) is 0 Å². The zero-order chi connectivity index (χ0) is 43.9. The van der Waals surface area contributed by atoms with E-state index < -0.39 is 26.5 Å². The van der Waals surface area contributed by atoms with Gasteiger partial charge in [-0.3, -0.25) is 18.6 Å². The first-order chi connectivity index (χ1) is 29.3. The van der Waals surface area contributed by atoms with Crippen molar-refractivity contribution in [2.24, 2.45) is 5.73 Å². The largest absolute Gasteiger partial charge is 0.472 e. The van der Waals surface area contributed by atoms with E-state index in [0.29, 0.717) is 6.42 Å². The van der Waals surface area contributed by atoms with Crippen molar-refractivity contribution in [1.82, 2.24) is 0 Å². The average molecular weight is 862 g/mol. The number of phosphoric ester groups is 1. The van der Waals surface area contributed by atoms with Crippen LogP contribution in [0.5, 0.6) is 0 Å². The van der Waals surface area contributed by atoms with Crippen LogP contribution in [-0.4, -0.2) is 49.3 Å². The van der Waals surface area contributed by atoms with Crippen LogP contribution < -0.4 is 5.73 Å². The lowest BCUT2D eigenvalue weighted by atomic mass is 10.0. The predicted molar refractivity (Wildman–Crippen MR) is 252 cm³/mol. The van der Waals surface area contributed by atoms with E-state index in [2.05, 4.69) is 86.8 Å². The molecule has 3 N–H and O–H groups in total. The van der Waals surface area contributed by atoms with Crippen molar-refractivity contribution >= 4 is 19.8 Å². The van der Waals surface area contributed by atoms with Crippen LogP contribution in [0, 0.1) is 0 Å². The van der Waals surface area contributed by atoms with E-state index in [1.54, 1.807) is 0 Å². The molecule has 0 amide bonds. The monoisotopic (exact) mass is 862 g/mol. The van der Waals surface area contributed by atoms with E-state index in [-0.39, 0.29) is 38.6 Å². The Kier molecular flexibility index (Phi) is 44.0. The zero-order valence-corrected chi connectivity index (χ0v) is 39.1. The number of hydrogen-bond acceptors (Lipinski definition) is 8. The molecule has 0 fully saturated rings. The highest BCUT2D eigenvalue weighted by molar-refractivity contribution is 7.47. The number of hydrogen-bond donors (Lipinski definition) is 2. The van der Waals surface area contributed by atoms with Crippen LogP contribution >= 0.6 is 7.82 Å². The van der Waals surface area contributed by atoms with Crippen LogP contribution in [0.3, 0.4) is 0 Å². The van der Waals surface area contributed by atoms with E-state index in [0.717, 1.165) is 83.5 Å². The van der Waals surface area contributed by atoms with Crippen molar-refractivity contribution in [2.45, 2.75) is 206 Å². The van der Waals surface area contributed by atoms with Crippen LogP contribution in [0.2, 0.25) is 0 Å². The molecule has 9 nitrogen and oxygen atoms in total. The topological polar surface area (TPSA) is 134 Å². The van der Waals surface area contributed by atoms with Gasteiger partial charge in [0.05, 0.1) is 13.2 Å². The normalized spacial score (nSPS) is 13.9. The summed E-state index contributed by atoms with van der Waals surface area (Å²) in [4.78, 5) is 34.9. The minimum absolute atomic E-state index is 0.0497. The van der Waals surface area contributed by atoms with Crippen LogP contribution in [0.4, 0.5) is 0 Å². The molecule has 2 atom stereocenters. The Bertz CT molecular complexity index is 1210. The molecular weight excluding hydrogens is 774 g/mol. The van der Waals surface area contributed by atoms with Crippen molar-refractivity contribution in [1.29, 1.82) is 0 Å². The van der Waals surface area contributed by atoms with Gasteiger partial charge in [0, 0.05) is 19.4 Å². The summed E-state index contributed by atoms with van der Waals surface area (Å²) in [5, 5.41) is 0. The summed E-state index contributed by atoms with van der Waals surface area (Å²) in [6.07, 6.45) is 56.5. The summed E-state index contributed by atoms with van der Waals surface area (Å²) in [6.45, 7) is 3.60. The minimum atomic E-state index is -4.38. The van der Waals surface area contributed by atoms with Crippen LogP contribution in [0.1, 0.15) is 200 Å². The van der Waals surface area contributed by atoms with Crippen molar-refractivity contribution < 1.29 is 37.6 Å². The molecule has 0 aliphatic rings. The molecule has 0 aliphatic heterocycles. The number of rotatable bonds is 44. The van der Waals surface area contributed by atoms with E-state index in [4.69, 9.17) is 24.3 Å². The number of unbranched alkanes of at least 4 members (excludes halogenated alkanes) is 19. The van der Waals surface area contributed by atoms with Gasteiger partial charge in [-0.25, -0.2) is 4.57 Å². The number of ether oxygens (including phenoxy) is 2. The molecule has 0 spiro atoms. The maximum absolute atomic E-state index is 12.6. The molecule has 0 rings (SSSR count). The molecule has 0 saturated carbocycles. The quantitative estimate of drug-likeness (QED) is 0.0266. The van der Waals surface area contributed by atoms with Gasteiger partial charge in [-0.15, -0.1) is 0 Å². The third kappa shape index (κ3) is 45.0. The maximum Gasteiger partial charge on any atom is 0.472 e. The highest BCUT2D eigenvalue weighted by atomic mass is 31.2. The molecular formula is C50H88NO8P. The van der Waals surface area contributed by atoms with E-state index in [1.165, 1.54) is 83.5 Å². The first kappa shape index (κ1) is 57.4. The van der Waals surface area contributed by atoms with Gasteiger partial charge < -0.3 is 20.1 Å². The molecule has 0 aromatic heterocycles. The standard InChI is InChI=1S/C50H88NO8P/c1-3-5-7-9-11-13-15-17-18-19-20-21-22-23-24-25-26-27-28-29-30-31-33-35-37-39-41-43-50(53)59-48(47-58-60(54,55)57-45-44-51)46-56-49(52)42-40-38-36-34-32-16-14-12-10-8-6-4-2/h5,7,11,13,17-18,20-21,23-24,26-27,48H,3-4,6,8-10,12,14-16,19,22,25,28-47,51H2,1-2H3,(H,54,55)/b7-5-,13-11-,18-17-,21-20-,24-23-,27-26-. The second-order valence-electron chi connectivity index (χ2n) is 15.6. The van der Waals surface area contributed by atoms with E-state index in [9.17, 15) is 19.0 Å². The second kappa shape index (κ2) is 46.0. The zero-order valence-electron chi connectivity index (χ0n) is 38.2. The fraction of sp³-hybridized carbons (Fsp3) is 0.720. The molecule has 2 unspecified atom stereocenters. The summed E-state index contributed by atoms with van der Waals surface area (Å²) in [5.74, 6) is -0.839. The van der Waals surface area contributed by atoms with Crippen LogP contribution in [-0.2, 0) is 32.7 Å². The second-order valence-corrected chi connectivity index (χ2v) is 17.1. The SMILES string of the molecule is CC/C=C\C/C=C\C/C=C\C/C=C\C/C=C\C/C=C\CCCCCCCCCCC(=O)OC(COC(=O)CCCCCCCCCCCCCC)COP(=O)(O)OCCN. The minimum Gasteiger partial charge on any atom is -0.462 e. The van der Waals surface area contributed by atoms with Crippen molar-refractivity contribution in [3.05, 3.63) is 72.9 Å². The highest BCUT2D eigenvalue weighted by Crippen LogP contribution is 2.43. The summed E-state index contributed by atoms with van der Waals surface area (Å²) in [6, 6.07) is 0. The Labute approximate surface area is 367 Å². The Hall–Kier alpha value is -2.55. The smallest absolute Gasteiger partial charge is 0.462 e. The fourth-order valence-corrected chi connectivity index (χ4v) is 7.11. The molecule has 0 bridgehead atoms. The average Bonchev–Trinajstić information content (AvgIpc) is 3.24. The lowest BCUT2D eigenvalue weighted by Crippen LogP contribution is -2.29. The van der Waals surface area contributed by atoms with E-state index in [1.807, 2.05) is 0 Å². The molecule has 10 heteroatoms. The molecule has 0 aliphatic carbocycles. The van der Waals surface area contributed by atoms with E-state index >= 15 is 0 Å². The van der Waals surface area contributed by atoms with Gasteiger partial charge in [0.2, 0.25) is 0 Å². The molecule has 0 radical (unpaired) electrons. The predicted octanol–water partition coefficient (Wildman–Crippen LogP) is 14.2. The Morgan fingerprint density at radius 3 is 1.37 bits per heavy atom. The van der Waals surface area contributed by atoms with Crippen LogP contribution in [0.15, 0.2) is 72.9 Å². The lowest BCUT2D eigenvalue weighted by Gasteiger charge is -2.19. The summed E-state index contributed by atoms with van der Waals surface area (Å²) < 4.78 is 32.8. The number of nitrogens with two attached hydrogens (primary N) is 1. The van der Waals surface area contributed by atoms with Gasteiger partial charge >= 0.3 is 19.8 Å². The summed E-state index contributed by atoms with van der Waals surface area (Å²) in [7, 11) is -4.38. The van der Waals surface area contributed by atoms with Gasteiger partial charge in [0.1, 0.15) is 6.61 Å². The maximum atomic E-state index is 12.6. The summed E-state index contributed by atoms with van der Waals surface area (Å²) >= 11 is 0. The first-order valence-electron chi connectivity index (χ1n) is 23.9. The Morgan fingerprint density at radius 1 is 0.517 bits per heavy atom. The Balaban J connectivity index is 4.07. The molecule has 0 aromatic carbocycles. The third-order valence-corrected chi connectivity index (χ3v) is 10.8. The molecule has 60 heavy (non-hydrogen) atoms. The number of allylic oxidation sites excluding steroid dienone is 12. The van der Waals surface area contributed by atoms with Gasteiger partial charge in [-0.1, -0.05) is 196 Å². The summed E-state index contributed by atoms with van der Waals surface area (Å²) in [5.41, 5.74) is 5.35. The molecule has 0 saturated heterocycles. The number of carbonyl (C=O) groups excluding carboxylic acids is 2. The van der Waals surface area contributed by atoms with Crippen molar-refractivity contribution in [3.8, 4) is 0 Å². The number of esters is 2. The van der Waals surface area contributed by atoms with Gasteiger partial charge in [0.15, 0.2) is 6.10 Å². The lowest BCUT2D eigenvalue weighted by molar-refractivity contribution is -0.161. The Morgan fingerprint density at radius 2 is 0.917 bits per heavy atom. The fourth-order valence-electron chi connectivity index (χ4n) is 6.34. The first-order valence-corrected chi connectivity index (χ1v) is 25.4. The molecule has 346 valence electrons. The highest BCUT2D eigenvalue weighted by Gasteiger charge is 2.26. The number of carbonyl (C=O) groups is 2. The third-order valence-electron chi connectivity index (χ3n) is 9.86. The molecule has 0 heterocycles. The van der Waals surface area contributed by atoms with Crippen molar-refractivity contribution in [2.75, 3.05) is 26.4 Å². The van der Waals surface area contributed by atoms with Crippen LogP contribution in [0.25, 0.3) is 0 Å². The number of phosphoric acid groups is 1. The molecule has 0 aromatic rings. The van der Waals surface area contributed by atoms with Gasteiger partial charge in [0.25, 0.3) is 0 Å².